The van der Waals surface area contributed by atoms with Crippen LogP contribution >= 0.6 is 11.6 Å². The molecule has 2 unspecified atom stereocenters. The van der Waals surface area contributed by atoms with E-state index in [4.69, 9.17) is 16.3 Å². The van der Waals surface area contributed by atoms with Gasteiger partial charge in [0.15, 0.2) is 0 Å². The molecule has 0 bridgehead atoms. The SMILES string of the molecule is CC(O)CN(C(=O)NCC(C)Oc1cccc(Cl)c1)C(C)C. The second-order valence-corrected chi connectivity index (χ2v) is 6.10. The van der Waals surface area contributed by atoms with Crippen LogP contribution in [0.25, 0.3) is 0 Å². The number of aliphatic hydroxyl groups is 1. The summed E-state index contributed by atoms with van der Waals surface area (Å²) < 4.78 is 5.70. The number of carbonyl (C=O) groups is 1. The summed E-state index contributed by atoms with van der Waals surface area (Å²) in [4.78, 5) is 13.8. The van der Waals surface area contributed by atoms with Crippen LogP contribution < -0.4 is 10.1 Å². The van der Waals surface area contributed by atoms with E-state index in [2.05, 4.69) is 5.32 Å². The number of carbonyl (C=O) groups excluding carboxylic acids is 1. The van der Waals surface area contributed by atoms with Gasteiger partial charge < -0.3 is 20.1 Å². The Hall–Kier alpha value is -1.46. The van der Waals surface area contributed by atoms with E-state index in [1.165, 1.54) is 0 Å². The van der Waals surface area contributed by atoms with Crippen LogP contribution in [-0.4, -0.2) is 47.4 Å². The highest BCUT2D eigenvalue weighted by Gasteiger charge is 2.19. The first-order valence-corrected chi connectivity index (χ1v) is 7.82. The van der Waals surface area contributed by atoms with E-state index >= 15 is 0 Å². The number of benzene rings is 1. The highest BCUT2D eigenvalue weighted by molar-refractivity contribution is 6.30. The number of halogens is 1. The van der Waals surface area contributed by atoms with Crippen LogP contribution in [0.3, 0.4) is 0 Å². The molecule has 1 aromatic carbocycles. The summed E-state index contributed by atoms with van der Waals surface area (Å²) in [6.45, 7) is 8.02. The first-order valence-electron chi connectivity index (χ1n) is 7.44. The number of amides is 2. The topological polar surface area (TPSA) is 61.8 Å². The first kappa shape index (κ1) is 18.6. The fourth-order valence-corrected chi connectivity index (χ4v) is 2.14. The van der Waals surface area contributed by atoms with Gasteiger partial charge in [-0.15, -0.1) is 0 Å². The van der Waals surface area contributed by atoms with E-state index in [0.29, 0.717) is 23.9 Å². The van der Waals surface area contributed by atoms with Gasteiger partial charge in [-0.2, -0.15) is 0 Å². The van der Waals surface area contributed by atoms with Crippen LogP contribution in [0.2, 0.25) is 5.02 Å². The molecule has 0 fully saturated rings. The summed E-state index contributed by atoms with van der Waals surface area (Å²) in [5.74, 6) is 0.666. The molecule has 0 radical (unpaired) electrons. The summed E-state index contributed by atoms with van der Waals surface area (Å²) in [6, 6.07) is 6.94. The molecular formula is C16H25ClN2O3. The maximum absolute atomic E-state index is 12.2. The molecule has 22 heavy (non-hydrogen) atoms. The summed E-state index contributed by atoms with van der Waals surface area (Å²) in [5, 5.41) is 12.9. The van der Waals surface area contributed by atoms with Crippen molar-refractivity contribution in [3.05, 3.63) is 29.3 Å². The number of nitrogens with one attached hydrogen (secondary N) is 1. The van der Waals surface area contributed by atoms with E-state index in [1.54, 1.807) is 24.0 Å². The van der Waals surface area contributed by atoms with Crippen LogP contribution in [0.15, 0.2) is 24.3 Å². The smallest absolute Gasteiger partial charge is 0.317 e. The van der Waals surface area contributed by atoms with E-state index in [0.717, 1.165) is 0 Å². The third-order valence-corrected chi connectivity index (χ3v) is 3.25. The summed E-state index contributed by atoms with van der Waals surface area (Å²) >= 11 is 5.90. The molecule has 0 aliphatic carbocycles. The maximum Gasteiger partial charge on any atom is 0.317 e. The molecule has 0 aliphatic rings. The number of rotatable bonds is 7. The van der Waals surface area contributed by atoms with Gasteiger partial charge in [-0.1, -0.05) is 17.7 Å². The lowest BCUT2D eigenvalue weighted by Gasteiger charge is -2.28. The molecule has 0 spiro atoms. The van der Waals surface area contributed by atoms with Gasteiger partial charge in [-0.3, -0.25) is 0 Å². The molecule has 6 heteroatoms. The molecule has 0 aliphatic heterocycles. The third kappa shape index (κ3) is 6.54. The van der Waals surface area contributed by atoms with E-state index < -0.39 is 6.10 Å². The van der Waals surface area contributed by atoms with Crippen molar-refractivity contribution in [3.63, 3.8) is 0 Å². The minimum Gasteiger partial charge on any atom is -0.489 e. The normalized spacial score (nSPS) is 13.6. The zero-order valence-electron chi connectivity index (χ0n) is 13.5. The number of ether oxygens (including phenoxy) is 1. The quantitative estimate of drug-likeness (QED) is 0.809. The van der Waals surface area contributed by atoms with Crippen molar-refractivity contribution >= 4 is 17.6 Å². The Labute approximate surface area is 137 Å². The molecule has 1 aromatic rings. The molecule has 2 atom stereocenters. The van der Waals surface area contributed by atoms with E-state index in [9.17, 15) is 9.90 Å². The highest BCUT2D eigenvalue weighted by Crippen LogP contribution is 2.18. The second kappa shape index (κ2) is 8.86. The fourth-order valence-electron chi connectivity index (χ4n) is 1.96. The predicted molar refractivity (Wildman–Crippen MR) is 88.5 cm³/mol. The van der Waals surface area contributed by atoms with E-state index in [-0.39, 0.29) is 18.2 Å². The Morgan fingerprint density at radius 1 is 1.36 bits per heavy atom. The van der Waals surface area contributed by atoms with Gasteiger partial charge in [0.25, 0.3) is 0 Å². The molecule has 1 rings (SSSR count). The van der Waals surface area contributed by atoms with Gasteiger partial charge >= 0.3 is 6.03 Å². The van der Waals surface area contributed by atoms with E-state index in [1.807, 2.05) is 32.9 Å². The van der Waals surface area contributed by atoms with Gasteiger partial charge in [0.05, 0.1) is 12.6 Å². The molecule has 0 heterocycles. The van der Waals surface area contributed by atoms with Crippen molar-refractivity contribution in [1.82, 2.24) is 10.2 Å². The molecule has 0 saturated carbocycles. The van der Waals surface area contributed by atoms with Crippen molar-refractivity contribution in [1.29, 1.82) is 0 Å². The van der Waals surface area contributed by atoms with Gasteiger partial charge in [-0.05, 0) is 45.9 Å². The lowest BCUT2D eigenvalue weighted by molar-refractivity contribution is 0.116. The molecule has 124 valence electrons. The summed E-state index contributed by atoms with van der Waals surface area (Å²) in [5.41, 5.74) is 0. The Balaban J connectivity index is 2.48. The Morgan fingerprint density at radius 2 is 2.05 bits per heavy atom. The zero-order chi connectivity index (χ0) is 16.7. The minimum atomic E-state index is -0.562. The number of aliphatic hydroxyl groups excluding tert-OH is 1. The highest BCUT2D eigenvalue weighted by atomic mass is 35.5. The minimum absolute atomic E-state index is 0.0127. The van der Waals surface area contributed by atoms with Crippen LogP contribution in [0, 0.1) is 0 Å². The summed E-state index contributed by atoms with van der Waals surface area (Å²) in [6.07, 6.45) is -0.753. The first-order chi connectivity index (χ1) is 10.3. The van der Waals surface area contributed by atoms with Crippen molar-refractivity contribution in [2.75, 3.05) is 13.1 Å². The van der Waals surface area contributed by atoms with Crippen LogP contribution in [-0.2, 0) is 0 Å². The number of hydrogen-bond donors (Lipinski definition) is 2. The number of urea groups is 1. The average Bonchev–Trinajstić information content (AvgIpc) is 2.41. The second-order valence-electron chi connectivity index (χ2n) is 5.67. The van der Waals surface area contributed by atoms with Crippen molar-refractivity contribution in [2.45, 2.75) is 45.9 Å². The van der Waals surface area contributed by atoms with Crippen molar-refractivity contribution in [3.8, 4) is 5.75 Å². The average molecular weight is 329 g/mol. The zero-order valence-corrected chi connectivity index (χ0v) is 14.3. The lowest BCUT2D eigenvalue weighted by Crippen LogP contribution is -2.48. The molecule has 0 saturated heterocycles. The van der Waals surface area contributed by atoms with Crippen molar-refractivity contribution < 1.29 is 14.6 Å². The van der Waals surface area contributed by atoms with Gasteiger partial charge in [0, 0.05) is 17.6 Å². The standard InChI is InChI=1S/C16H25ClN2O3/c1-11(2)19(10-12(3)20)16(21)18-9-13(4)22-15-7-5-6-14(17)8-15/h5-8,11-13,20H,9-10H2,1-4H3,(H,18,21). The molecular weight excluding hydrogens is 304 g/mol. The van der Waals surface area contributed by atoms with Crippen LogP contribution in [0.4, 0.5) is 4.79 Å². The number of hydrogen-bond acceptors (Lipinski definition) is 3. The molecule has 5 nitrogen and oxygen atoms in total. The molecule has 2 N–H and O–H groups in total. The monoisotopic (exact) mass is 328 g/mol. The Bertz CT molecular complexity index is 480. The third-order valence-electron chi connectivity index (χ3n) is 3.02. The maximum atomic E-state index is 12.2. The van der Waals surface area contributed by atoms with Gasteiger partial charge in [0.1, 0.15) is 11.9 Å². The Morgan fingerprint density at radius 3 is 2.59 bits per heavy atom. The molecule has 0 aromatic heterocycles. The van der Waals surface area contributed by atoms with Crippen LogP contribution in [0.1, 0.15) is 27.7 Å². The van der Waals surface area contributed by atoms with Crippen LogP contribution in [0.5, 0.6) is 5.75 Å². The fraction of sp³-hybridized carbons (Fsp3) is 0.562. The largest absolute Gasteiger partial charge is 0.489 e. The number of nitrogens with zero attached hydrogens (tertiary/aromatic N) is 1. The van der Waals surface area contributed by atoms with Crippen molar-refractivity contribution in [2.24, 2.45) is 0 Å². The van der Waals surface area contributed by atoms with Gasteiger partial charge in [-0.25, -0.2) is 4.79 Å². The molecule has 2 amide bonds. The lowest BCUT2D eigenvalue weighted by atomic mass is 10.3. The summed E-state index contributed by atoms with van der Waals surface area (Å²) in [7, 11) is 0. The Kier molecular flexibility index (Phi) is 7.48. The predicted octanol–water partition coefficient (Wildman–Crippen LogP) is 2.91. The van der Waals surface area contributed by atoms with Gasteiger partial charge in [0.2, 0.25) is 0 Å².